The van der Waals surface area contributed by atoms with Gasteiger partial charge < -0.3 is 14.6 Å². The van der Waals surface area contributed by atoms with Crippen molar-refractivity contribution in [1.29, 1.82) is 0 Å². The molecule has 0 fully saturated rings. The Bertz CT molecular complexity index is 1100. The summed E-state index contributed by atoms with van der Waals surface area (Å²) in [6.07, 6.45) is 3.64. The molecule has 1 aromatic heterocycles. The van der Waals surface area contributed by atoms with Gasteiger partial charge in [0.05, 0.1) is 18.9 Å². The molecule has 0 bridgehead atoms. The highest BCUT2D eigenvalue weighted by atomic mass is 35.5. The van der Waals surface area contributed by atoms with Gasteiger partial charge in [-0.3, -0.25) is 4.98 Å². The van der Waals surface area contributed by atoms with Crippen molar-refractivity contribution in [2.75, 3.05) is 7.11 Å². The quantitative estimate of drug-likeness (QED) is 0.682. The smallest absolute Gasteiger partial charge is 0.215 e. The van der Waals surface area contributed by atoms with E-state index in [-0.39, 0.29) is 11.8 Å². The van der Waals surface area contributed by atoms with Gasteiger partial charge in [0.2, 0.25) is 6.23 Å². The minimum absolute atomic E-state index is 0.0626. The van der Waals surface area contributed by atoms with E-state index in [1.165, 1.54) is 0 Å². The number of phenolic OH excluding ortho intramolecular Hbond substituents is 1. The molecule has 2 aromatic carbocycles. The van der Waals surface area contributed by atoms with Crippen LogP contribution in [-0.4, -0.2) is 27.9 Å². The molecule has 2 aliphatic heterocycles. The molecule has 2 aliphatic rings. The van der Waals surface area contributed by atoms with Crippen LogP contribution >= 0.6 is 11.6 Å². The molecule has 0 amide bonds. The lowest BCUT2D eigenvalue weighted by Crippen LogP contribution is -2.33. The molecule has 0 unspecified atom stereocenters. The Kier molecular flexibility index (Phi) is 4.28. The number of pyridine rings is 1. The second-order valence-corrected chi connectivity index (χ2v) is 7.38. The average Bonchev–Trinajstić information content (AvgIpc) is 3.20. The number of nitrogens with zero attached hydrogens (tertiary/aromatic N) is 3. The minimum Gasteiger partial charge on any atom is -0.507 e. The lowest BCUT2D eigenvalue weighted by molar-refractivity contribution is -0.0211. The second kappa shape index (κ2) is 6.97. The standard InChI is InChI=1S/C22H18ClN3O3/c1-28-20-6-2-5-15-18-11-17(16-10-14(23)7-8-19(16)27)25-26(18)22(29-21(15)20)13-4-3-9-24-12-13/h2-10,12,18,22,27H,11H2,1H3/t18-,22-/m1/s1. The lowest BCUT2D eigenvalue weighted by atomic mass is 9.95. The number of ether oxygens (including phenoxy) is 2. The molecule has 3 heterocycles. The monoisotopic (exact) mass is 407 g/mol. The van der Waals surface area contributed by atoms with Gasteiger partial charge in [0.1, 0.15) is 5.75 Å². The minimum atomic E-state index is -0.462. The summed E-state index contributed by atoms with van der Waals surface area (Å²) in [5.74, 6) is 1.53. The van der Waals surface area contributed by atoms with Gasteiger partial charge in [0.15, 0.2) is 11.5 Å². The van der Waals surface area contributed by atoms with Gasteiger partial charge in [0.25, 0.3) is 0 Å². The van der Waals surface area contributed by atoms with Gasteiger partial charge in [-0.15, -0.1) is 0 Å². The van der Waals surface area contributed by atoms with Gasteiger partial charge in [-0.05, 0) is 30.3 Å². The first-order chi connectivity index (χ1) is 14.2. The zero-order valence-electron chi connectivity index (χ0n) is 15.6. The molecule has 6 nitrogen and oxygen atoms in total. The Hall–Kier alpha value is -3.25. The highest BCUT2D eigenvalue weighted by molar-refractivity contribution is 6.31. The number of hydrogen-bond acceptors (Lipinski definition) is 6. The van der Waals surface area contributed by atoms with Crippen LogP contribution in [0.1, 0.15) is 35.4 Å². The van der Waals surface area contributed by atoms with Crippen molar-refractivity contribution < 1.29 is 14.6 Å². The van der Waals surface area contributed by atoms with Crippen LogP contribution in [0.3, 0.4) is 0 Å². The summed E-state index contributed by atoms with van der Waals surface area (Å²) in [6.45, 7) is 0. The normalized spacial score (nSPS) is 19.8. The predicted octanol–water partition coefficient (Wildman–Crippen LogP) is 4.69. The van der Waals surface area contributed by atoms with Gasteiger partial charge in [-0.2, -0.15) is 5.10 Å². The second-order valence-electron chi connectivity index (χ2n) is 6.94. The summed E-state index contributed by atoms with van der Waals surface area (Å²) in [6, 6.07) is 14.6. The first kappa shape index (κ1) is 17.8. The number of aromatic nitrogens is 1. The van der Waals surface area contributed by atoms with E-state index >= 15 is 0 Å². The van der Waals surface area contributed by atoms with Crippen LogP contribution in [0.4, 0.5) is 0 Å². The number of benzene rings is 2. The zero-order chi connectivity index (χ0) is 20.0. The highest BCUT2D eigenvalue weighted by Crippen LogP contribution is 2.50. The van der Waals surface area contributed by atoms with E-state index < -0.39 is 6.23 Å². The van der Waals surface area contributed by atoms with Crippen LogP contribution in [0.2, 0.25) is 5.02 Å². The Morgan fingerprint density at radius 2 is 2.10 bits per heavy atom. The maximum atomic E-state index is 10.4. The summed E-state index contributed by atoms with van der Waals surface area (Å²) in [5.41, 5.74) is 3.25. The van der Waals surface area contributed by atoms with Crippen molar-refractivity contribution in [2.45, 2.75) is 18.7 Å². The number of hydrazone groups is 1. The van der Waals surface area contributed by atoms with Crippen LogP contribution in [-0.2, 0) is 0 Å². The Labute approximate surface area is 173 Å². The fourth-order valence-corrected chi connectivity index (χ4v) is 4.06. The van der Waals surface area contributed by atoms with E-state index in [9.17, 15) is 5.11 Å². The van der Waals surface area contributed by atoms with E-state index in [0.29, 0.717) is 28.5 Å². The van der Waals surface area contributed by atoms with Crippen molar-refractivity contribution in [1.82, 2.24) is 9.99 Å². The Balaban J connectivity index is 1.64. The van der Waals surface area contributed by atoms with E-state index in [1.54, 1.807) is 37.7 Å². The summed E-state index contributed by atoms with van der Waals surface area (Å²) in [4.78, 5) is 4.23. The molecule has 5 rings (SSSR count). The average molecular weight is 408 g/mol. The fourth-order valence-electron chi connectivity index (χ4n) is 3.89. The molecule has 0 saturated carbocycles. The van der Waals surface area contributed by atoms with E-state index in [2.05, 4.69) is 4.98 Å². The molecule has 3 aromatic rings. The van der Waals surface area contributed by atoms with Crippen molar-refractivity contribution >= 4 is 17.3 Å². The van der Waals surface area contributed by atoms with Crippen LogP contribution in [0.25, 0.3) is 0 Å². The Morgan fingerprint density at radius 3 is 2.90 bits per heavy atom. The van der Waals surface area contributed by atoms with Gasteiger partial charge in [-0.25, -0.2) is 5.01 Å². The number of phenols is 1. The molecule has 0 radical (unpaired) electrons. The van der Waals surface area contributed by atoms with Crippen molar-refractivity contribution in [3.05, 3.63) is 82.6 Å². The van der Waals surface area contributed by atoms with Gasteiger partial charge in [0, 0.05) is 40.5 Å². The maximum absolute atomic E-state index is 10.4. The number of fused-ring (bicyclic) bond motifs is 3. The summed E-state index contributed by atoms with van der Waals surface area (Å²) >= 11 is 6.16. The maximum Gasteiger partial charge on any atom is 0.215 e. The molecule has 29 heavy (non-hydrogen) atoms. The first-order valence-corrected chi connectivity index (χ1v) is 9.61. The molecular weight excluding hydrogens is 390 g/mol. The molecule has 1 N–H and O–H groups in total. The van der Waals surface area contributed by atoms with Crippen molar-refractivity contribution in [3.8, 4) is 17.2 Å². The number of halogens is 1. The molecule has 0 aliphatic carbocycles. The van der Waals surface area contributed by atoms with Gasteiger partial charge >= 0.3 is 0 Å². The van der Waals surface area contributed by atoms with Crippen molar-refractivity contribution in [3.63, 3.8) is 0 Å². The third kappa shape index (κ3) is 2.96. The fraction of sp³-hybridized carbons (Fsp3) is 0.182. The third-order valence-corrected chi connectivity index (χ3v) is 5.47. The number of aromatic hydroxyl groups is 1. The first-order valence-electron chi connectivity index (χ1n) is 9.24. The summed E-state index contributed by atoms with van der Waals surface area (Å²) in [5, 5.41) is 17.7. The van der Waals surface area contributed by atoms with Crippen LogP contribution in [0.5, 0.6) is 17.2 Å². The van der Waals surface area contributed by atoms with E-state index in [1.807, 2.05) is 35.3 Å². The topological polar surface area (TPSA) is 67.2 Å². The largest absolute Gasteiger partial charge is 0.507 e. The van der Waals surface area contributed by atoms with Crippen LogP contribution in [0, 0.1) is 0 Å². The van der Waals surface area contributed by atoms with E-state index in [0.717, 1.165) is 16.8 Å². The number of methoxy groups -OCH3 is 1. The Morgan fingerprint density at radius 1 is 1.21 bits per heavy atom. The molecule has 146 valence electrons. The third-order valence-electron chi connectivity index (χ3n) is 5.24. The summed E-state index contributed by atoms with van der Waals surface area (Å²) < 4.78 is 11.9. The molecule has 2 atom stereocenters. The molecule has 7 heteroatoms. The predicted molar refractivity (Wildman–Crippen MR) is 109 cm³/mol. The lowest BCUT2D eigenvalue weighted by Gasteiger charge is -2.38. The number of rotatable bonds is 3. The highest BCUT2D eigenvalue weighted by Gasteiger charge is 2.42. The van der Waals surface area contributed by atoms with Crippen LogP contribution < -0.4 is 9.47 Å². The molecular formula is C22H18ClN3O3. The number of hydrogen-bond donors (Lipinski definition) is 1. The van der Waals surface area contributed by atoms with Crippen LogP contribution in [0.15, 0.2) is 66.0 Å². The number of para-hydroxylation sites is 1. The SMILES string of the molecule is COc1cccc2c1O[C@H](c1cccnc1)N1N=C(c3cc(Cl)ccc3O)C[C@H]21. The summed E-state index contributed by atoms with van der Waals surface area (Å²) in [7, 11) is 1.63. The van der Waals surface area contributed by atoms with Crippen molar-refractivity contribution in [2.24, 2.45) is 5.10 Å². The van der Waals surface area contributed by atoms with Gasteiger partial charge in [-0.1, -0.05) is 29.8 Å². The molecule has 0 saturated heterocycles. The molecule has 0 spiro atoms. The zero-order valence-corrected chi connectivity index (χ0v) is 16.4. The van der Waals surface area contributed by atoms with E-state index in [4.69, 9.17) is 26.2 Å².